The van der Waals surface area contributed by atoms with E-state index in [0.717, 1.165) is 4.88 Å². The minimum absolute atomic E-state index is 0.00904. The molecule has 3 aromatic heterocycles. The molecule has 1 amide bonds. The van der Waals surface area contributed by atoms with Crippen LogP contribution in [-0.4, -0.2) is 40.6 Å². The lowest BCUT2D eigenvalue weighted by Gasteiger charge is -2.12. The Balaban J connectivity index is 1.68. The highest BCUT2D eigenvalue weighted by Gasteiger charge is 2.32. The number of carbonyl (C=O) groups excluding carboxylic acids is 1. The van der Waals surface area contributed by atoms with Crippen LogP contribution < -0.4 is 5.32 Å². The quantitative estimate of drug-likeness (QED) is 0.482. The van der Waals surface area contributed by atoms with Gasteiger partial charge in [-0.25, -0.2) is 22.5 Å². The fraction of sp³-hybridized carbons (Fsp3) is 0.227. The van der Waals surface area contributed by atoms with E-state index in [4.69, 9.17) is 4.98 Å². The molecule has 1 N–H and O–H groups in total. The van der Waals surface area contributed by atoms with Crippen LogP contribution in [0.5, 0.6) is 0 Å². The average Bonchev–Trinajstić information content (AvgIpc) is 3.48. The van der Waals surface area contributed by atoms with Gasteiger partial charge in [0.15, 0.2) is 15.5 Å². The summed E-state index contributed by atoms with van der Waals surface area (Å²) in [4.78, 5) is 18.9. The number of pyridine rings is 1. The van der Waals surface area contributed by atoms with Crippen LogP contribution in [0.15, 0.2) is 47.8 Å². The molecule has 4 heterocycles. The molecule has 4 aromatic rings. The number of aryl methyl sites for hydroxylation is 1. The molecule has 0 unspecified atom stereocenters. The van der Waals surface area contributed by atoms with Crippen molar-refractivity contribution in [2.75, 3.05) is 16.8 Å². The molecule has 7 nitrogen and oxygen atoms in total. The Morgan fingerprint density at radius 2 is 2.06 bits per heavy atom. The summed E-state index contributed by atoms with van der Waals surface area (Å²) in [5.41, 5.74) is 1.98. The van der Waals surface area contributed by atoms with Crippen LogP contribution in [0.4, 0.5) is 10.1 Å². The van der Waals surface area contributed by atoms with Crippen molar-refractivity contribution in [3.63, 3.8) is 0 Å². The number of hydrogen-bond donors (Lipinski definition) is 1. The maximum atomic E-state index is 14.1. The molecule has 1 atom stereocenters. The number of benzene rings is 1. The summed E-state index contributed by atoms with van der Waals surface area (Å²) in [6.45, 7) is 1.76. The van der Waals surface area contributed by atoms with E-state index in [1.165, 1.54) is 23.5 Å². The molecule has 1 fully saturated rings. The molecular weight excluding hydrogens is 451 g/mol. The minimum Gasteiger partial charge on any atom is -0.319 e. The second-order valence-electron chi connectivity index (χ2n) is 7.75. The number of hydrogen-bond acceptors (Lipinski definition) is 6. The van der Waals surface area contributed by atoms with Gasteiger partial charge in [0.05, 0.1) is 50.4 Å². The molecule has 1 aromatic carbocycles. The first-order valence-corrected chi connectivity index (χ1v) is 12.7. The monoisotopic (exact) mass is 470 g/mol. The smallest absolute Gasteiger partial charge is 0.256 e. The molecule has 0 bridgehead atoms. The van der Waals surface area contributed by atoms with Crippen molar-refractivity contribution < 1.29 is 17.6 Å². The molecule has 10 heteroatoms. The van der Waals surface area contributed by atoms with Crippen molar-refractivity contribution >= 4 is 43.8 Å². The lowest BCUT2D eigenvalue weighted by molar-refractivity contribution is 0.102. The number of amides is 1. The summed E-state index contributed by atoms with van der Waals surface area (Å²) in [5.74, 6) is -0.927. The second kappa shape index (κ2) is 7.79. The molecule has 0 saturated carbocycles. The second-order valence-corrected chi connectivity index (χ2v) is 10.9. The summed E-state index contributed by atoms with van der Waals surface area (Å²) in [6, 6.07) is 11.1. The van der Waals surface area contributed by atoms with E-state index < -0.39 is 21.6 Å². The number of fused-ring (bicyclic) bond motifs is 1. The average molecular weight is 471 g/mol. The molecule has 1 saturated heterocycles. The van der Waals surface area contributed by atoms with E-state index in [0.29, 0.717) is 34.4 Å². The first-order chi connectivity index (χ1) is 15.3. The number of carbonyl (C=O) groups is 1. The van der Waals surface area contributed by atoms with Crippen LogP contribution in [0, 0.1) is 12.7 Å². The van der Waals surface area contributed by atoms with Crippen LogP contribution in [-0.2, 0) is 9.84 Å². The third kappa shape index (κ3) is 3.69. The van der Waals surface area contributed by atoms with Crippen LogP contribution in [0.25, 0.3) is 21.6 Å². The van der Waals surface area contributed by atoms with E-state index in [1.807, 2.05) is 17.5 Å². The fourth-order valence-corrected chi connectivity index (χ4v) is 6.40. The van der Waals surface area contributed by atoms with Gasteiger partial charge in [-0.15, -0.1) is 11.3 Å². The number of nitrogens with zero attached hydrogens (tertiary/aromatic N) is 3. The zero-order valence-electron chi connectivity index (χ0n) is 17.1. The standard InChI is InChI=1S/C22H19FN4O3S2/c1-13-20-15(22(28)25-17-6-3-2-5-16(17)23)11-18(19-7-4-9-31-19)24-21(20)27(26-13)14-8-10-32(29,30)12-14/h2-7,9,11,14H,8,10,12H2,1H3,(H,25,28)/t14-/m0/s1. The largest absolute Gasteiger partial charge is 0.319 e. The van der Waals surface area contributed by atoms with Gasteiger partial charge in [0, 0.05) is 0 Å². The Morgan fingerprint density at radius 1 is 1.25 bits per heavy atom. The Morgan fingerprint density at radius 3 is 2.75 bits per heavy atom. The molecule has 32 heavy (non-hydrogen) atoms. The van der Waals surface area contributed by atoms with Gasteiger partial charge >= 0.3 is 0 Å². The van der Waals surface area contributed by atoms with Crippen LogP contribution >= 0.6 is 11.3 Å². The van der Waals surface area contributed by atoms with Crippen LogP contribution in [0.3, 0.4) is 0 Å². The summed E-state index contributed by atoms with van der Waals surface area (Å²) < 4.78 is 39.9. The fourth-order valence-electron chi connectivity index (χ4n) is 4.02. The molecule has 5 rings (SSSR count). The number of nitrogens with one attached hydrogen (secondary N) is 1. The molecule has 1 aliphatic heterocycles. The summed E-state index contributed by atoms with van der Waals surface area (Å²) in [5, 5.41) is 9.65. The number of sulfone groups is 1. The van der Waals surface area contributed by atoms with Crippen molar-refractivity contribution in [2.45, 2.75) is 19.4 Å². The SMILES string of the molecule is Cc1nn([C@H]2CCS(=O)(=O)C2)c2nc(-c3cccs3)cc(C(=O)Nc3ccccc3F)c12. The van der Waals surface area contributed by atoms with E-state index in [-0.39, 0.29) is 23.2 Å². The first kappa shape index (κ1) is 20.8. The van der Waals surface area contributed by atoms with E-state index in [1.54, 1.807) is 29.8 Å². The van der Waals surface area contributed by atoms with Crippen molar-refractivity contribution in [3.8, 4) is 10.6 Å². The molecule has 0 aliphatic carbocycles. The molecule has 164 valence electrons. The summed E-state index contributed by atoms with van der Waals surface area (Å²) in [6.07, 6.45) is 0.445. The maximum Gasteiger partial charge on any atom is 0.256 e. The molecule has 1 aliphatic rings. The zero-order chi connectivity index (χ0) is 22.5. The Hall–Kier alpha value is -3.11. The van der Waals surface area contributed by atoms with Crippen LogP contribution in [0.1, 0.15) is 28.5 Å². The lowest BCUT2D eigenvalue weighted by atomic mass is 10.1. The van der Waals surface area contributed by atoms with Gasteiger partial charge in [0.2, 0.25) is 0 Å². The number of anilines is 1. The van der Waals surface area contributed by atoms with Gasteiger partial charge in [-0.05, 0) is 43.0 Å². The van der Waals surface area contributed by atoms with Gasteiger partial charge in [-0.1, -0.05) is 18.2 Å². The highest BCUT2D eigenvalue weighted by Crippen LogP contribution is 2.33. The number of rotatable bonds is 4. The number of thiophene rings is 1. The molecular formula is C22H19FN4O3S2. The number of para-hydroxylation sites is 1. The van der Waals surface area contributed by atoms with Gasteiger partial charge in [0.25, 0.3) is 5.91 Å². The lowest BCUT2D eigenvalue weighted by Crippen LogP contribution is -2.15. The number of aromatic nitrogens is 3. The predicted molar refractivity (Wildman–Crippen MR) is 122 cm³/mol. The number of halogens is 1. The van der Waals surface area contributed by atoms with Crippen molar-refractivity contribution in [1.82, 2.24) is 14.8 Å². The highest BCUT2D eigenvalue weighted by atomic mass is 32.2. The van der Waals surface area contributed by atoms with Crippen LogP contribution in [0.2, 0.25) is 0 Å². The minimum atomic E-state index is -3.14. The topological polar surface area (TPSA) is 93.9 Å². The van der Waals surface area contributed by atoms with Gasteiger partial charge in [-0.2, -0.15) is 5.10 Å². The zero-order valence-corrected chi connectivity index (χ0v) is 18.7. The van der Waals surface area contributed by atoms with Gasteiger partial charge in [-0.3, -0.25) is 4.79 Å². The van der Waals surface area contributed by atoms with E-state index >= 15 is 0 Å². The Kier molecular flexibility index (Phi) is 5.06. The van der Waals surface area contributed by atoms with Gasteiger partial charge in [0.1, 0.15) is 5.82 Å². The summed E-state index contributed by atoms with van der Waals surface area (Å²) in [7, 11) is -3.14. The first-order valence-electron chi connectivity index (χ1n) is 10.0. The van der Waals surface area contributed by atoms with E-state index in [9.17, 15) is 17.6 Å². The van der Waals surface area contributed by atoms with Crippen molar-refractivity contribution in [1.29, 1.82) is 0 Å². The van der Waals surface area contributed by atoms with Crippen molar-refractivity contribution in [3.05, 3.63) is 64.9 Å². The molecule has 0 spiro atoms. The Labute approximate surface area is 187 Å². The van der Waals surface area contributed by atoms with Crippen molar-refractivity contribution in [2.24, 2.45) is 0 Å². The third-order valence-electron chi connectivity index (χ3n) is 5.53. The van der Waals surface area contributed by atoms with Gasteiger partial charge < -0.3 is 5.32 Å². The molecule has 0 radical (unpaired) electrons. The Bertz CT molecular complexity index is 1450. The third-order valence-corrected chi connectivity index (χ3v) is 8.17. The highest BCUT2D eigenvalue weighted by molar-refractivity contribution is 7.91. The summed E-state index contributed by atoms with van der Waals surface area (Å²) >= 11 is 1.48. The normalized spacial score (nSPS) is 17.6. The predicted octanol–water partition coefficient (Wildman–Crippen LogP) is 4.22. The van der Waals surface area contributed by atoms with E-state index in [2.05, 4.69) is 10.4 Å². The maximum absolute atomic E-state index is 14.1.